The van der Waals surface area contributed by atoms with Crippen LogP contribution in [0.25, 0.3) is 0 Å². The van der Waals surface area contributed by atoms with Gasteiger partial charge in [-0.05, 0) is 45.3 Å². The van der Waals surface area contributed by atoms with Crippen LogP contribution >= 0.6 is 0 Å². The van der Waals surface area contributed by atoms with Crippen LogP contribution < -0.4 is 15.8 Å². The normalized spacial score (nSPS) is 20.3. The van der Waals surface area contributed by atoms with Crippen molar-refractivity contribution < 1.29 is 9.53 Å². The number of likely N-dealkylation sites (tertiary alicyclic amines) is 1. The highest BCUT2D eigenvalue weighted by Crippen LogP contribution is 2.22. The molecule has 0 saturated carbocycles. The fourth-order valence-electron chi connectivity index (χ4n) is 3.82. The van der Waals surface area contributed by atoms with E-state index in [1.807, 2.05) is 0 Å². The summed E-state index contributed by atoms with van der Waals surface area (Å²) in [6.07, 6.45) is 6.12. The number of amides is 1. The van der Waals surface area contributed by atoms with Crippen molar-refractivity contribution in [2.75, 3.05) is 57.9 Å². The molecular weight excluding hydrogens is 346 g/mol. The van der Waals surface area contributed by atoms with Gasteiger partial charge in [-0.1, -0.05) is 0 Å². The summed E-state index contributed by atoms with van der Waals surface area (Å²) in [4.78, 5) is 29.1. The Bertz CT molecular complexity index is 672. The van der Waals surface area contributed by atoms with Gasteiger partial charge in [0.25, 0.3) is 5.56 Å². The van der Waals surface area contributed by atoms with Gasteiger partial charge in [-0.15, -0.1) is 0 Å². The van der Waals surface area contributed by atoms with Crippen LogP contribution in [-0.2, 0) is 16.1 Å². The molecule has 3 heterocycles. The Kier molecular flexibility index (Phi) is 7.23. The predicted molar refractivity (Wildman–Crippen MR) is 104 cm³/mol. The molecule has 0 aliphatic carbocycles. The van der Waals surface area contributed by atoms with Crippen LogP contribution in [0.1, 0.15) is 25.7 Å². The second-order valence-electron chi connectivity index (χ2n) is 7.39. The van der Waals surface area contributed by atoms with Gasteiger partial charge in [0.2, 0.25) is 5.91 Å². The molecule has 1 atom stereocenters. The Hall–Kier alpha value is -1.93. The molecule has 3 rings (SSSR count). The first-order valence-corrected chi connectivity index (χ1v) is 9.98. The maximum atomic E-state index is 12.4. The van der Waals surface area contributed by atoms with Crippen LogP contribution in [0.3, 0.4) is 0 Å². The van der Waals surface area contributed by atoms with E-state index in [4.69, 9.17) is 4.74 Å². The summed E-state index contributed by atoms with van der Waals surface area (Å²) in [5, 5.41) is 7.28. The summed E-state index contributed by atoms with van der Waals surface area (Å²) in [6.45, 7) is 6.52. The summed E-state index contributed by atoms with van der Waals surface area (Å²) in [5.41, 5.74) is 0.650. The lowest BCUT2D eigenvalue weighted by Crippen LogP contribution is -2.35. The number of carbonyl (C=O) groups excluding carboxylic acids is 1. The fourth-order valence-corrected chi connectivity index (χ4v) is 3.82. The molecule has 0 bridgehead atoms. The molecule has 0 spiro atoms. The van der Waals surface area contributed by atoms with Crippen LogP contribution in [0.2, 0.25) is 0 Å². The lowest BCUT2D eigenvalue weighted by Gasteiger charge is -2.18. The third-order valence-electron chi connectivity index (χ3n) is 5.44. The molecule has 0 radical (unpaired) electrons. The van der Waals surface area contributed by atoms with Gasteiger partial charge in [-0.3, -0.25) is 9.59 Å². The van der Waals surface area contributed by atoms with Gasteiger partial charge in [-0.2, -0.15) is 5.10 Å². The van der Waals surface area contributed by atoms with Crippen LogP contribution in [0.5, 0.6) is 0 Å². The SMILES string of the molecule is COCCn1ncc(N2CCC(C(=O)NCCCN3CCCC3)C2)cc1=O. The van der Waals surface area contributed by atoms with Gasteiger partial charge in [0.15, 0.2) is 0 Å². The smallest absolute Gasteiger partial charge is 0.268 e. The van der Waals surface area contributed by atoms with Crippen molar-refractivity contribution in [2.45, 2.75) is 32.2 Å². The number of carbonyl (C=O) groups is 1. The Labute approximate surface area is 160 Å². The summed E-state index contributed by atoms with van der Waals surface area (Å²) in [5.74, 6) is 0.105. The van der Waals surface area contributed by atoms with E-state index in [-0.39, 0.29) is 17.4 Å². The number of aromatic nitrogens is 2. The third-order valence-corrected chi connectivity index (χ3v) is 5.44. The lowest BCUT2D eigenvalue weighted by molar-refractivity contribution is -0.124. The maximum Gasteiger partial charge on any atom is 0.268 e. The van der Waals surface area contributed by atoms with Crippen LogP contribution in [0, 0.1) is 5.92 Å². The second kappa shape index (κ2) is 9.85. The second-order valence-corrected chi connectivity index (χ2v) is 7.39. The number of hydrogen-bond donors (Lipinski definition) is 1. The Morgan fingerprint density at radius 2 is 2.11 bits per heavy atom. The number of hydrogen-bond acceptors (Lipinski definition) is 6. The zero-order valence-corrected chi connectivity index (χ0v) is 16.2. The quantitative estimate of drug-likeness (QED) is 0.625. The third kappa shape index (κ3) is 5.52. The van der Waals surface area contributed by atoms with Gasteiger partial charge in [0, 0.05) is 32.8 Å². The molecule has 1 unspecified atom stereocenters. The van der Waals surface area contributed by atoms with Crippen molar-refractivity contribution >= 4 is 11.6 Å². The van der Waals surface area contributed by atoms with Crippen molar-refractivity contribution in [3.8, 4) is 0 Å². The molecule has 8 nitrogen and oxygen atoms in total. The van der Waals surface area contributed by atoms with Gasteiger partial charge in [0.05, 0.1) is 31.0 Å². The topological polar surface area (TPSA) is 79.7 Å². The number of anilines is 1. The molecule has 1 aromatic heterocycles. The molecule has 2 fully saturated rings. The number of ether oxygens (including phenoxy) is 1. The van der Waals surface area contributed by atoms with Crippen LogP contribution in [0.15, 0.2) is 17.1 Å². The zero-order valence-electron chi connectivity index (χ0n) is 16.2. The van der Waals surface area contributed by atoms with Crippen molar-refractivity contribution in [2.24, 2.45) is 5.92 Å². The fraction of sp³-hybridized carbons (Fsp3) is 0.737. The van der Waals surface area contributed by atoms with Crippen LogP contribution in [-0.4, -0.2) is 73.6 Å². The Morgan fingerprint density at radius 1 is 1.30 bits per heavy atom. The predicted octanol–water partition coefficient (Wildman–Crippen LogP) is 0.318. The molecule has 0 aromatic carbocycles. The van der Waals surface area contributed by atoms with Crippen molar-refractivity contribution in [1.82, 2.24) is 20.0 Å². The van der Waals surface area contributed by atoms with E-state index >= 15 is 0 Å². The minimum atomic E-state index is -0.139. The molecule has 1 N–H and O–H groups in total. The highest BCUT2D eigenvalue weighted by molar-refractivity contribution is 5.80. The Balaban J connectivity index is 1.42. The van der Waals surface area contributed by atoms with Gasteiger partial charge in [0.1, 0.15) is 0 Å². The van der Waals surface area contributed by atoms with E-state index in [1.165, 1.54) is 30.6 Å². The minimum absolute atomic E-state index is 0.0206. The van der Waals surface area contributed by atoms with E-state index in [2.05, 4.69) is 20.2 Å². The molecule has 8 heteroatoms. The average molecular weight is 377 g/mol. The first-order chi connectivity index (χ1) is 13.2. The van der Waals surface area contributed by atoms with Crippen molar-refractivity contribution in [3.63, 3.8) is 0 Å². The number of methoxy groups -OCH3 is 1. The summed E-state index contributed by atoms with van der Waals surface area (Å²) < 4.78 is 6.38. The molecule has 2 aliphatic rings. The van der Waals surface area contributed by atoms with E-state index < -0.39 is 0 Å². The van der Waals surface area contributed by atoms with Gasteiger partial charge < -0.3 is 19.9 Å². The van der Waals surface area contributed by atoms with E-state index in [0.717, 1.165) is 38.2 Å². The summed E-state index contributed by atoms with van der Waals surface area (Å²) in [6, 6.07) is 1.60. The Morgan fingerprint density at radius 3 is 2.85 bits per heavy atom. The van der Waals surface area contributed by atoms with Crippen molar-refractivity contribution in [3.05, 3.63) is 22.6 Å². The van der Waals surface area contributed by atoms with E-state index in [9.17, 15) is 9.59 Å². The molecule has 1 amide bonds. The summed E-state index contributed by atoms with van der Waals surface area (Å²) in [7, 11) is 1.60. The zero-order chi connectivity index (χ0) is 19.1. The van der Waals surface area contributed by atoms with Gasteiger partial charge >= 0.3 is 0 Å². The van der Waals surface area contributed by atoms with Crippen molar-refractivity contribution in [1.29, 1.82) is 0 Å². The first-order valence-electron chi connectivity index (χ1n) is 9.98. The largest absolute Gasteiger partial charge is 0.383 e. The molecule has 2 aliphatic heterocycles. The summed E-state index contributed by atoms with van der Waals surface area (Å²) >= 11 is 0. The molecule has 1 aromatic rings. The molecular formula is C19H31N5O3. The maximum absolute atomic E-state index is 12.4. The number of nitrogens with one attached hydrogen (secondary N) is 1. The molecule has 2 saturated heterocycles. The standard InChI is InChI=1S/C19H31N5O3/c1-27-12-11-24-18(25)13-17(14-21-24)23-10-5-16(15-23)19(26)20-6-4-9-22-7-2-3-8-22/h13-14,16H,2-12,15H2,1H3,(H,20,26). The first kappa shape index (κ1) is 19.8. The van der Waals surface area contributed by atoms with Gasteiger partial charge in [-0.25, -0.2) is 4.68 Å². The monoisotopic (exact) mass is 377 g/mol. The lowest BCUT2D eigenvalue weighted by atomic mass is 10.1. The number of rotatable bonds is 9. The average Bonchev–Trinajstić information content (AvgIpc) is 3.36. The molecule has 27 heavy (non-hydrogen) atoms. The number of nitrogens with zero attached hydrogens (tertiary/aromatic N) is 4. The van der Waals surface area contributed by atoms with E-state index in [0.29, 0.717) is 19.7 Å². The van der Waals surface area contributed by atoms with E-state index in [1.54, 1.807) is 19.4 Å². The highest BCUT2D eigenvalue weighted by Gasteiger charge is 2.28. The molecule has 150 valence electrons. The minimum Gasteiger partial charge on any atom is -0.383 e. The highest BCUT2D eigenvalue weighted by atomic mass is 16.5. The van der Waals surface area contributed by atoms with Crippen LogP contribution in [0.4, 0.5) is 5.69 Å².